The number of hydrogen-bond donors (Lipinski definition) is 2. The lowest BCUT2D eigenvalue weighted by molar-refractivity contribution is -0.111. The molecule has 4 saturated carbocycles. The van der Waals surface area contributed by atoms with E-state index in [4.69, 9.17) is 13.3 Å². The van der Waals surface area contributed by atoms with Crippen molar-refractivity contribution in [3.8, 4) is 12.3 Å². The molecule has 0 saturated heterocycles. The highest BCUT2D eigenvalue weighted by Crippen LogP contribution is 2.65. The predicted octanol–water partition coefficient (Wildman–Crippen LogP) is 3.36. The third kappa shape index (κ3) is 1.88. The van der Waals surface area contributed by atoms with Crippen LogP contribution in [0, 0.1) is 47.3 Å². The monoisotopic (exact) mass is 307 g/mol. The van der Waals surface area contributed by atoms with Gasteiger partial charge in [-0.25, -0.2) is 0 Å². The molecule has 0 heterocycles. The van der Waals surface area contributed by atoms with Gasteiger partial charge < -0.3 is 10.2 Å². The van der Waals surface area contributed by atoms with Crippen LogP contribution in [0.2, 0.25) is 0 Å². The van der Waals surface area contributed by atoms with Gasteiger partial charge in [-0.2, -0.15) is 0 Å². The Labute approximate surface area is 141 Å². The van der Waals surface area contributed by atoms with Gasteiger partial charge >= 0.3 is 0 Å². The number of fused-ring (bicyclic) bond motifs is 5. The Balaban J connectivity index is 1.68. The van der Waals surface area contributed by atoms with Crippen molar-refractivity contribution >= 4 is 0 Å². The summed E-state index contributed by atoms with van der Waals surface area (Å²) in [4.78, 5) is 0. The van der Waals surface area contributed by atoms with Crippen molar-refractivity contribution in [1.29, 1.82) is 0 Å². The van der Waals surface area contributed by atoms with E-state index in [2.05, 4.69) is 12.8 Å². The quantitative estimate of drug-likeness (QED) is 0.674. The highest BCUT2D eigenvalue weighted by Gasteiger charge is 2.62. The molecule has 0 aliphatic heterocycles. The molecule has 4 aliphatic carbocycles. The normalized spacial score (nSPS) is 68.6. The van der Waals surface area contributed by atoms with E-state index in [0.29, 0.717) is 18.8 Å². The summed E-state index contributed by atoms with van der Waals surface area (Å²) in [6.45, 7) is 2.09. The zero-order valence-electron chi connectivity index (χ0n) is 18.3. The predicted molar refractivity (Wildman–Crippen MR) is 86.9 cm³/mol. The first kappa shape index (κ1) is 10.4. The lowest BCUT2D eigenvalue weighted by Crippen LogP contribution is -2.53. The molecular formula is C20H30O2. The Morgan fingerprint density at radius 1 is 1.14 bits per heavy atom. The SMILES string of the molecule is [2H]C1([2H])C[C@@H]2[C@H]3CC[C@@]4(C)[C@@H](CC[C@@]4(O)C#C)[C@@H]3CC[C@H]2C([2H])([2H])[C@]1([2H])O. The van der Waals surface area contributed by atoms with Crippen LogP contribution in [0.1, 0.15) is 71.5 Å². The maximum absolute atomic E-state index is 11.0. The lowest BCUT2D eigenvalue weighted by atomic mass is 9.49. The molecule has 4 aliphatic rings. The molecule has 0 aromatic carbocycles. The Bertz CT molecular complexity index is 686. The van der Waals surface area contributed by atoms with Gasteiger partial charge in [-0.05, 0) is 87.3 Å². The average molecular weight is 307 g/mol. The van der Waals surface area contributed by atoms with Gasteiger partial charge in [0.15, 0.2) is 0 Å². The van der Waals surface area contributed by atoms with E-state index >= 15 is 0 Å². The van der Waals surface area contributed by atoms with Crippen molar-refractivity contribution in [1.82, 2.24) is 0 Å². The van der Waals surface area contributed by atoms with Gasteiger partial charge in [0.2, 0.25) is 0 Å². The van der Waals surface area contributed by atoms with Crippen molar-refractivity contribution in [3.05, 3.63) is 0 Å². The summed E-state index contributed by atoms with van der Waals surface area (Å²) in [5, 5.41) is 21.4. The molecule has 122 valence electrons. The van der Waals surface area contributed by atoms with Crippen LogP contribution in [0.5, 0.6) is 0 Å². The Hall–Kier alpha value is -0.520. The van der Waals surface area contributed by atoms with E-state index in [-0.39, 0.29) is 29.6 Å². The molecule has 0 amide bonds. The maximum Gasteiger partial charge on any atom is 0.130 e. The molecule has 4 fully saturated rings. The van der Waals surface area contributed by atoms with Crippen molar-refractivity contribution in [2.75, 3.05) is 0 Å². The molecule has 2 nitrogen and oxygen atoms in total. The number of terminal acetylenes is 1. The van der Waals surface area contributed by atoms with E-state index in [1.165, 1.54) is 0 Å². The molecule has 0 radical (unpaired) electrons. The topological polar surface area (TPSA) is 40.5 Å². The summed E-state index contributed by atoms with van der Waals surface area (Å²) in [6.07, 6.45) is 2.79. The van der Waals surface area contributed by atoms with E-state index in [0.717, 1.165) is 25.7 Å². The highest BCUT2D eigenvalue weighted by atomic mass is 16.3. The van der Waals surface area contributed by atoms with Crippen molar-refractivity contribution in [2.24, 2.45) is 35.0 Å². The summed E-state index contributed by atoms with van der Waals surface area (Å²) >= 11 is 0. The molecule has 0 unspecified atom stereocenters. The lowest BCUT2D eigenvalue weighted by Gasteiger charge is -2.56. The van der Waals surface area contributed by atoms with E-state index in [1.54, 1.807) is 0 Å². The zero-order chi connectivity index (χ0) is 20.0. The Morgan fingerprint density at radius 2 is 1.95 bits per heavy atom. The average Bonchev–Trinajstić information content (AvgIpc) is 2.85. The van der Waals surface area contributed by atoms with Crippen molar-refractivity contribution in [3.63, 3.8) is 0 Å². The second kappa shape index (κ2) is 4.99. The maximum atomic E-state index is 11.0. The zero-order valence-corrected chi connectivity index (χ0v) is 13.3. The summed E-state index contributed by atoms with van der Waals surface area (Å²) in [5.41, 5.74) is -1.42. The van der Waals surface area contributed by atoms with E-state index in [9.17, 15) is 10.2 Å². The molecule has 0 spiro atoms. The van der Waals surface area contributed by atoms with Crippen LogP contribution in [0.3, 0.4) is 0 Å². The summed E-state index contributed by atoms with van der Waals surface area (Å²) in [6, 6.07) is 0. The van der Waals surface area contributed by atoms with Crippen LogP contribution in [0.25, 0.3) is 0 Å². The minimum atomic E-state index is -2.73. The van der Waals surface area contributed by atoms with Crippen LogP contribution in [-0.4, -0.2) is 21.9 Å². The smallest absolute Gasteiger partial charge is 0.130 e. The number of rotatable bonds is 0. The summed E-state index contributed by atoms with van der Waals surface area (Å²) in [7, 11) is 0. The molecular weight excluding hydrogens is 272 g/mol. The molecule has 2 N–H and O–H groups in total. The van der Waals surface area contributed by atoms with E-state index < -0.39 is 30.3 Å². The minimum Gasteiger partial charge on any atom is -0.393 e. The van der Waals surface area contributed by atoms with Gasteiger partial charge in [0.1, 0.15) is 5.60 Å². The van der Waals surface area contributed by atoms with Gasteiger partial charge in [0, 0.05) is 10.9 Å². The molecule has 0 aromatic rings. The highest BCUT2D eigenvalue weighted by molar-refractivity contribution is 5.23. The van der Waals surface area contributed by atoms with Crippen LogP contribution in [-0.2, 0) is 0 Å². The standard InChI is InChI=1S/C20H30O2/c1-3-20(22)11-9-18-17-6-4-13-12-14(21)5-7-15(13)16(17)8-10-19(18,20)2/h1,13-18,21-22H,4-12H2,2H3/t13-,14+,15-,16+,17+,18-,19-,20-/m0/s1/i5D2,12D2,14D. The minimum absolute atomic E-state index is 0.0290. The fraction of sp³-hybridized carbons (Fsp3) is 0.900. The van der Waals surface area contributed by atoms with E-state index in [1.807, 2.05) is 0 Å². The van der Waals surface area contributed by atoms with Gasteiger partial charge in [0.05, 0.1) is 7.45 Å². The molecule has 2 heteroatoms. The second-order valence-corrected chi connectivity index (χ2v) is 8.16. The molecule has 4 rings (SSSR count). The first-order valence-electron chi connectivity index (χ1n) is 11.2. The Kier molecular flexibility index (Phi) is 2.35. The van der Waals surface area contributed by atoms with Gasteiger partial charge in [-0.3, -0.25) is 0 Å². The number of aliphatic hydroxyl groups is 2. The van der Waals surface area contributed by atoms with Crippen LogP contribution < -0.4 is 0 Å². The van der Waals surface area contributed by atoms with Gasteiger partial charge in [0.25, 0.3) is 0 Å². The first-order valence-corrected chi connectivity index (χ1v) is 8.75. The largest absolute Gasteiger partial charge is 0.393 e. The molecule has 0 bridgehead atoms. The summed E-state index contributed by atoms with van der Waals surface area (Å²) < 4.78 is 41.3. The van der Waals surface area contributed by atoms with Gasteiger partial charge in [-0.1, -0.05) is 12.8 Å². The number of hydrogen-bond acceptors (Lipinski definition) is 2. The third-order valence-corrected chi connectivity index (χ3v) is 7.59. The van der Waals surface area contributed by atoms with Crippen LogP contribution >= 0.6 is 0 Å². The third-order valence-electron chi connectivity index (χ3n) is 7.59. The van der Waals surface area contributed by atoms with Crippen molar-refractivity contribution < 1.29 is 17.1 Å². The second-order valence-electron chi connectivity index (χ2n) is 8.16. The molecule has 8 atom stereocenters. The Morgan fingerprint density at radius 3 is 2.73 bits per heavy atom. The van der Waals surface area contributed by atoms with Crippen molar-refractivity contribution in [2.45, 2.75) is 76.3 Å². The fourth-order valence-electron chi connectivity index (χ4n) is 6.32. The van der Waals surface area contributed by atoms with Gasteiger partial charge in [-0.15, -0.1) is 6.42 Å². The van der Waals surface area contributed by atoms with Crippen LogP contribution in [0.4, 0.5) is 0 Å². The molecule has 0 aromatic heterocycles. The fourth-order valence-corrected chi connectivity index (χ4v) is 6.32. The first-order chi connectivity index (χ1) is 12.3. The van der Waals surface area contributed by atoms with Crippen LogP contribution in [0.15, 0.2) is 0 Å². The molecule has 22 heavy (non-hydrogen) atoms. The summed E-state index contributed by atoms with van der Waals surface area (Å²) in [5.74, 6) is 2.71.